The zero-order chi connectivity index (χ0) is 14.2. The van der Waals surface area contributed by atoms with Crippen molar-refractivity contribution in [3.8, 4) is 0 Å². The summed E-state index contributed by atoms with van der Waals surface area (Å²) in [5, 5.41) is 5.14. The van der Waals surface area contributed by atoms with E-state index >= 15 is 0 Å². The second-order valence-corrected chi connectivity index (χ2v) is 4.01. The van der Waals surface area contributed by atoms with Gasteiger partial charge in [0.2, 0.25) is 0 Å². The van der Waals surface area contributed by atoms with Gasteiger partial charge in [-0.05, 0) is 24.3 Å². The molecular weight excluding hydrogens is 252 g/mol. The van der Waals surface area contributed by atoms with Gasteiger partial charge >= 0.3 is 0 Å². The Bertz CT molecular complexity index is 551. The first-order valence-electron chi connectivity index (χ1n) is 6.14. The predicted octanol–water partition coefficient (Wildman–Crippen LogP) is 2.32. The lowest BCUT2D eigenvalue weighted by atomic mass is 10.2. The van der Waals surface area contributed by atoms with Crippen molar-refractivity contribution in [2.75, 3.05) is 0 Å². The molecule has 2 aromatic carbocycles. The normalized spacial score (nSPS) is 10.2. The van der Waals surface area contributed by atoms with Crippen LogP contribution in [-0.2, 0) is 0 Å². The summed E-state index contributed by atoms with van der Waals surface area (Å²) in [6.45, 7) is 0. The SMILES string of the molecule is O=C(N/C=C\NC(=O)c1ccccc1)c1ccccc1. The molecule has 0 radical (unpaired) electrons. The molecule has 20 heavy (non-hydrogen) atoms. The number of rotatable bonds is 4. The van der Waals surface area contributed by atoms with Crippen LogP contribution in [0.2, 0.25) is 0 Å². The van der Waals surface area contributed by atoms with E-state index < -0.39 is 0 Å². The van der Waals surface area contributed by atoms with Crippen LogP contribution in [0.25, 0.3) is 0 Å². The van der Waals surface area contributed by atoms with Crippen molar-refractivity contribution in [1.29, 1.82) is 0 Å². The van der Waals surface area contributed by atoms with Crippen LogP contribution in [0.1, 0.15) is 20.7 Å². The molecule has 2 rings (SSSR count). The molecule has 4 heteroatoms. The van der Waals surface area contributed by atoms with Crippen LogP contribution in [-0.4, -0.2) is 11.8 Å². The zero-order valence-electron chi connectivity index (χ0n) is 10.7. The Morgan fingerprint density at radius 3 is 1.35 bits per heavy atom. The van der Waals surface area contributed by atoms with E-state index in [0.717, 1.165) is 0 Å². The van der Waals surface area contributed by atoms with E-state index in [1.165, 1.54) is 12.4 Å². The van der Waals surface area contributed by atoms with Gasteiger partial charge in [0, 0.05) is 23.5 Å². The van der Waals surface area contributed by atoms with Gasteiger partial charge in [-0.1, -0.05) is 36.4 Å². The van der Waals surface area contributed by atoms with Crippen molar-refractivity contribution < 1.29 is 9.59 Å². The highest BCUT2D eigenvalue weighted by Gasteiger charge is 2.02. The van der Waals surface area contributed by atoms with E-state index in [0.29, 0.717) is 11.1 Å². The lowest BCUT2D eigenvalue weighted by Crippen LogP contribution is -2.21. The predicted molar refractivity (Wildman–Crippen MR) is 77.0 cm³/mol. The van der Waals surface area contributed by atoms with Crippen LogP contribution in [0, 0.1) is 0 Å². The lowest BCUT2D eigenvalue weighted by molar-refractivity contribution is 0.0956. The number of hydrogen-bond acceptors (Lipinski definition) is 2. The fourth-order valence-corrected chi connectivity index (χ4v) is 1.58. The summed E-state index contributed by atoms with van der Waals surface area (Å²) in [6.07, 6.45) is 2.80. The first-order valence-corrected chi connectivity index (χ1v) is 6.14. The highest BCUT2D eigenvalue weighted by atomic mass is 16.2. The first-order chi connectivity index (χ1) is 9.77. The number of carbonyl (C=O) groups excluding carboxylic acids is 2. The fourth-order valence-electron chi connectivity index (χ4n) is 1.58. The highest BCUT2D eigenvalue weighted by molar-refractivity contribution is 5.95. The molecule has 100 valence electrons. The molecule has 0 saturated heterocycles. The lowest BCUT2D eigenvalue weighted by Gasteiger charge is -2.01. The Balaban J connectivity index is 1.83. The van der Waals surface area contributed by atoms with E-state index in [9.17, 15) is 9.59 Å². The van der Waals surface area contributed by atoms with Crippen LogP contribution in [0.5, 0.6) is 0 Å². The molecule has 0 unspecified atom stereocenters. The number of amides is 2. The van der Waals surface area contributed by atoms with Crippen molar-refractivity contribution in [2.45, 2.75) is 0 Å². The van der Waals surface area contributed by atoms with Crippen LogP contribution < -0.4 is 10.6 Å². The molecular formula is C16H14N2O2. The minimum atomic E-state index is -0.226. The standard InChI is InChI=1S/C16H14N2O2/c19-15(13-7-3-1-4-8-13)17-11-12-18-16(20)14-9-5-2-6-10-14/h1-12H,(H,17,19)(H,18,20)/b12-11-. The minimum Gasteiger partial charge on any atom is -0.327 e. The quantitative estimate of drug-likeness (QED) is 0.892. The van der Waals surface area contributed by atoms with Gasteiger partial charge in [-0.3, -0.25) is 9.59 Å². The van der Waals surface area contributed by atoms with Crippen LogP contribution in [0.15, 0.2) is 73.1 Å². The number of carbonyl (C=O) groups is 2. The summed E-state index contributed by atoms with van der Waals surface area (Å²) < 4.78 is 0. The fraction of sp³-hybridized carbons (Fsp3) is 0. The van der Waals surface area contributed by atoms with Gasteiger partial charge in [-0.2, -0.15) is 0 Å². The second-order valence-electron chi connectivity index (χ2n) is 4.01. The molecule has 4 nitrogen and oxygen atoms in total. The molecule has 0 aromatic heterocycles. The Labute approximate surface area is 117 Å². The van der Waals surface area contributed by atoms with Crippen molar-refractivity contribution in [3.63, 3.8) is 0 Å². The van der Waals surface area contributed by atoms with Gasteiger partial charge in [0.1, 0.15) is 0 Å². The molecule has 2 aromatic rings. The third kappa shape index (κ3) is 3.81. The third-order valence-corrected chi connectivity index (χ3v) is 2.58. The van der Waals surface area contributed by atoms with Crippen LogP contribution in [0.4, 0.5) is 0 Å². The smallest absolute Gasteiger partial charge is 0.255 e. The van der Waals surface area contributed by atoms with Crippen molar-refractivity contribution in [1.82, 2.24) is 10.6 Å². The summed E-state index contributed by atoms with van der Waals surface area (Å²) in [7, 11) is 0. The minimum absolute atomic E-state index is 0.226. The van der Waals surface area contributed by atoms with Crippen molar-refractivity contribution >= 4 is 11.8 Å². The second kappa shape index (κ2) is 6.89. The average molecular weight is 266 g/mol. The zero-order valence-corrected chi connectivity index (χ0v) is 10.7. The van der Waals surface area contributed by atoms with E-state index in [-0.39, 0.29) is 11.8 Å². The molecule has 0 aliphatic heterocycles. The molecule has 0 atom stereocenters. The summed E-state index contributed by atoms with van der Waals surface area (Å²) in [5.74, 6) is -0.452. The average Bonchev–Trinajstić information content (AvgIpc) is 2.53. The number of hydrogen-bond donors (Lipinski definition) is 2. The van der Waals surface area contributed by atoms with E-state index in [1.807, 2.05) is 12.1 Å². The maximum Gasteiger partial charge on any atom is 0.255 e. The molecule has 0 bridgehead atoms. The Morgan fingerprint density at radius 1 is 0.650 bits per heavy atom. The Morgan fingerprint density at radius 2 is 1.00 bits per heavy atom. The highest BCUT2D eigenvalue weighted by Crippen LogP contribution is 1.98. The Kier molecular flexibility index (Phi) is 4.67. The van der Waals surface area contributed by atoms with Gasteiger partial charge in [0.05, 0.1) is 0 Å². The summed E-state index contributed by atoms with van der Waals surface area (Å²) in [6, 6.07) is 17.7. The molecule has 0 heterocycles. The van der Waals surface area contributed by atoms with Gasteiger partial charge in [-0.25, -0.2) is 0 Å². The molecule has 0 aliphatic carbocycles. The molecule has 0 fully saturated rings. The molecule has 2 amide bonds. The maximum absolute atomic E-state index is 11.7. The van der Waals surface area contributed by atoms with E-state index in [2.05, 4.69) is 10.6 Å². The van der Waals surface area contributed by atoms with Crippen LogP contribution >= 0.6 is 0 Å². The third-order valence-electron chi connectivity index (χ3n) is 2.58. The van der Waals surface area contributed by atoms with Crippen molar-refractivity contribution in [3.05, 3.63) is 84.2 Å². The number of benzene rings is 2. The first kappa shape index (κ1) is 13.5. The van der Waals surface area contributed by atoms with Gasteiger partial charge in [0.25, 0.3) is 11.8 Å². The summed E-state index contributed by atoms with van der Waals surface area (Å²) >= 11 is 0. The van der Waals surface area contributed by atoms with Crippen molar-refractivity contribution in [2.24, 2.45) is 0 Å². The topological polar surface area (TPSA) is 58.2 Å². The van der Waals surface area contributed by atoms with E-state index in [4.69, 9.17) is 0 Å². The monoisotopic (exact) mass is 266 g/mol. The largest absolute Gasteiger partial charge is 0.327 e. The molecule has 0 saturated carbocycles. The van der Waals surface area contributed by atoms with Gasteiger partial charge in [-0.15, -0.1) is 0 Å². The van der Waals surface area contributed by atoms with E-state index in [1.54, 1.807) is 48.5 Å². The molecule has 0 aliphatic rings. The maximum atomic E-state index is 11.7. The Hall–Kier alpha value is -2.88. The molecule has 2 N–H and O–H groups in total. The van der Waals surface area contributed by atoms with Gasteiger partial charge in [0.15, 0.2) is 0 Å². The summed E-state index contributed by atoms with van der Waals surface area (Å²) in [4.78, 5) is 23.4. The van der Waals surface area contributed by atoms with Gasteiger partial charge < -0.3 is 10.6 Å². The number of nitrogens with one attached hydrogen (secondary N) is 2. The summed E-state index contributed by atoms with van der Waals surface area (Å²) in [5.41, 5.74) is 1.12. The van der Waals surface area contributed by atoms with Crippen LogP contribution in [0.3, 0.4) is 0 Å². The molecule has 0 spiro atoms.